The second-order valence-corrected chi connectivity index (χ2v) is 10.5. The smallest absolute Gasteiger partial charge is 0.315 e. The molecule has 7 heteroatoms. The average molecular weight is 504 g/mol. The van der Waals surface area contributed by atoms with Gasteiger partial charge in [-0.1, -0.05) is 59.6 Å². The first kappa shape index (κ1) is 25.2. The Hall–Kier alpha value is -1.95. The molecular formula is C27H36Cl2N4O. The van der Waals surface area contributed by atoms with E-state index in [9.17, 15) is 4.79 Å². The van der Waals surface area contributed by atoms with Crippen LogP contribution in [0.3, 0.4) is 0 Å². The highest BCUT2D eigenvalue weighted by Crippen LogP contribution is 2.34. The Morgan fingerprint density at radius 1 is 0.971 bits per heavy atom. The van der Waals surface area contributed by atoms with E-state index in [0.717, 1.165) is 56.2 Å². The molecule has 34 heavy (non-hydrogen) atoms. The second kappa shape index (κ2) is 12.1. The number of benzene rings is 2. The van der Waals surface area contributed by atoms with E-state index in [0.29, 0.717) is 22.6 Å². The normalized spacial score (nSPS) is 22.3. The molecule has 1 saturated carbocycles. The van der Waals surface area contributed by atoms with E-state index in [1.165, 1.54) is 19.3 Å². The average Bonchev–Trinajstić information content (AvgIpc) is 2.86. The lowest BCUT2D eigenvalue weighted by molar-refractivity contribution is 0.154. The van der Waals surface area contributed by atoms with E-state index in [1.54, 1.807) is 0 Å². The maximum absolute atomic E-state index is 12.3. The maximum atomic E-state index is 12.3. The highest BCUT2D eigenvalue weighted by molar-refractivity contribution is 6.43. The number of carbonyl (C=O) groups excluding carboxylic acids is 1. The highest BCUT2D eigenvalue weighted by Gasteiger charge is 2.27. The lowest BCUT2D eigenvalue weighted by Crippen LogP contribution is -2.50. The number of nitrogens with one attached hydrogen (secondary N) is 2. The minimum absolute atomic E-state index is 0.0571. The molecular weight excluding hydrogens is 467 g/mol. The summed E-state index contributed by atoms with van der Waals surface area (Å²) in [6.45, 7) is 6.96. The van der Waals surface area contributed by atoms with Crippen LogP contribution in [0.1, 0.15) is 44.6 Å². The number of halogens is 2. The summed E-state index contributed by atoms with van der Waals surface area (Å²) in [5.74, 6) is 0.737. The summed E-state index contributed by atoms with van der Waals surface area (Å²) in [6, 6.07) is 16.7. The number of amides is 2. The molecule has 1 aliphatic heterocycles. The van der Waals surface area contributed by atoms with E-state index < -0.39 is 0 Å². The van der Waals surface area contributed by atoms with Crippen molar-refractivity contribution in [3.63, 3.8) is 0 Å². The van der Waals surface area contributed by atoms with Gasteiger partial charge in [-0.3, -0.25) is 4.90 Å². The Bertz CT molecular complexity index is 925. The van der Waals surface area contributed by atoms with Crippen molar-refractivity contribution in [3.05, 3.63) is 64.1 Å². The molecule has 2 aromatic carbocycles. The van der Waals surface area contributed by atoms with Crippen molar-refractivity contribution in [1.29, 1.82) is 0 Å². The van der Waals surface area contributed by atoms with Gasteiger partial charge in [0.25, 0.3) is 0 Å². The molecule has 1 atom stereocenters. The van der Waals surface area contributed by atoms with E-state index in [2.05, 4.69) is 33.4 Å². The molecule has 5 nitrogen and oxygen atoms in total. The van der Waals surface area contributed by atoms with E-state index in [1.807, 2.05) is 42.5 Å². The van der Waals surface area contributed by atoms with Crippen LogP contribution in [0.2, 0.25) is 10.0 Å². The van der Waals surface area contributed by atoms with Gasteiger partial charge in [0.2, 0.25) is 0 Å². The Kier molecular flexibility index (Phi) is 8.98. The third-order valence-corrected chi connectivity index (χ3v) is 8.17. The highest BCUT2D eigenvalue weighted by atomic mass is 35.5. The molecule has 2 amide bonds. The molecule has 1 saturated heterocycles. The Morgan fingerprint density at radius 2 is 1.68 bits per heavy atom. The molecule has 0 spiro atoms. The molecule has 2 fully saturated rings. The molecule has 184 valence electrons. The minimum atomic E-state index is -0.0571. The predicted octanol–water partition coefficient (Wildman–Crippen LogP) is 5.95. The predicted molar refractivity (Wildman–Crippen MR) is 142 cm³/mol. The van der Waals surface area contributed by atoms with Crippen molar-refractivity contribution < 1.29 is 4.79 Å². The summed E-state index contributed by atoms with van der Waals surface area (Å²) in [5.41, 5.74) is 2.16. The summed E-state index contributed by atoms with van der Waals surface area (Å²) in [4.78, 5) is 17.2. The molecule has 2 N–H and O–H groups in total. The Labute approximate surface area is 213 Å². The summed E-state index contributed by atoms with van der Waals surface area (Å²) in [5, 5.41) is 7.42. The largest absolute Gasteiger partial charge is 0.368 e. The van der Waals surface area contributed by atoms with Gasteiger partial charge in [-0.15, -0.1) is 0 Å². The number of rotatable bonds is 7. The quantitative estimate of drug-likeness (QED) is 0.491. The lowest BCUT2D eigenvalue weighted by Gasteiger charge is -2.41. The second-order valence-electron chi connectivity index (χ2n) is 9.71. The molecule has 0 aromatic heterocycles. The van der Waals surface area contributed by atoms with Gasteiger partial charge in [0.05, 0.1) is 15.7 Å². The zero-order valence-corrected chi connectivity index (χ0v) is 21.5. The van der Waals surface area contributed by atoms with Crippen molar-refractivity contribution in [2.75, 3.05) is 31.1 Å². The number of hydrogen-bond donors (Lipinski definition) is 2. The lowest BCUT2D eigenvalue weighted by atomic mass is 9.82. The number of urea groups is 1. The number of carbonyl (C=O) groups is 1. The van der Waals surface area contributed by atoms with Gasteiger partial charge in [-0.2, -0.15) is 0 Å². The molecule has 2 aromatic rings. The van der Waals surface area contributed by atoms with Crippen molar-refractivity contribution in [2.24, 2.45) is 5.92 Å². The van der Waals surface area contributed by atoms with E-state index >= 15 is 0 Å². The number of nitrogens with zero attached hydrogens (tertiary/aromatic N) is 2. The van der Waals surface area contributed by atoms with Crippen LogP contribution in [0.25, 0.3) is 0 Å². The number of hydrogen-bond acceptors (Lipinski definition) is 3. The van der Waals surface area contributed by atoms with Gasteiger partial charge in [0.15, 0.2) is 0 Å². The summed E-state index contributed by atoms with van der Waals surface area (Å²) in [6.07, 6.45) is 5.73. The van der Waals surface area contributed by atoms with Crippen LogP contribution < -0.4 is 15.5 Å². The number of anilines is 1. The minimum Gasteiger partial charge on any atom is -0.368 e. The van der Waals surface area contributed by atoms with Crippen molar-refractivity contribution in [2.45, 2.75) is 57.7 Å². The topological polar surface area (TPSA) is 47.6 Å². The third kappa shape index (κ3) is 6.80. The number of piperazine rings is 1. The van der Waals surface area contributed by atoms with E-state index in [4.69, 9.17) is 23.2 Å². The molecule has 1 unspecified atom stereocenters. The fourth-order valence-electron chi connectivity index (χ4n) is 5.33. The van der Waals surface area contributed by atoms with Crippen LogP contribution >= 0.6 is 23.2 Å². The van der Waals surface area contributed by atoms with Crippen LogP contribution in [0, 0.1) is 5.92 Å². The molecule has 4 rings (SSSR count). The Balaban J connectivity index is 1.15. The van der Waals surface area contributed by atoms with Gasteiger partial charge in [0, 0.05) is 44.8 Å². The van der Waals surface area contributed by atoms with Gasteiger partial charge in [-0.25, -0.2) is 4.79 Å². The molecule has 1 aliphatic carbocycles. The summed E-state index contributed by atoms with van der Waals surface area (Å²) < 4.78 is 0. The molecule has 1 heterocycles. The van der Waals surface area contributed by atoms with Crippen molar-refractivity contribution in [1.82, 2.24) is 15.5 Å². The van der Waals surface area contributed by atoms with Gasteiger partial charge in [0.1, 0.15) is 0 Å². The zero-order valence-electron chi connectivity index (χ0n) is 20.0. The first-order valence-corrected chi connectivity index (χ1v) is 13.3. The zero-order chi connectivity index (χ0) is 23.9. The maximum Gasteiger partial charge on any atom is 0.315 e. The molecule has 2 aliphatic rings. The fraction of sp³-hybridized carbons (Fsp3) is 0.519. The van der Waals surface area contributed by atoms with Crippen LogP contribution in [0.15, 0.2) is 48.5 Å². The van der Waals surface area contributed by atoms with Gasteiger partial charge >= 0.3 is 6.03 Å². The van der Waals surface area contributed by atoms with Crippen LogP contribution in [0.4, 0.5) is 10.5 Å². The SMILES string of the molecule is CC(CC1CCC(NC(=O)NCc2ccccc2)CC1)N1CCN(c2cccc(Cl)c2Cl)CC1. The fourth-order valence-corrected chi connectivity index (χ4v) is 5.74. The van der Waals surface area contributed by atoms with Gasteiger partial charge in [-0.05, 0) is 62.6 Å². The molecule has 0 radical (unpaired) electrons. The van der Waals surface area contributed by atoms with Crippen LogP contribution in [-0.4, -0.2) is 49.2 Å². The van der Waals surface area contributed by atoms with Gasteiger partial charge < -0.3 is 15.5 Å². The summed E-state index contributed by atoms with van der Waals surface area (Å²) >= 11 is 12.6. The molecule has 0 bridgehead atoms. The third-order valence-electron chi connectivity index (χ3n) is 7.36. The Morgan fingerprint density at radius 3 is 2.38 bits per heavy atom. The van der Waals surface area contributed by atoms with Crippen molar-refractivity contribution >= 4 is 34.9 Å². The van der Waals surface area contributed by atoms with Crippen LogP contribution in [0.5, 0.6) is 0 Å². The summed E-state index contributed by atoms with van der Waals surface area (Å²) in [7, 11) is 0. The monoisotopic (exact) mass is 502 g/mol. The standard InChI is InChI=1S/C27H36Cl2N4O/c1-20(32-14-16-33(17-15-32)25-9-5-8-24(28)26(25)29)18-21-10-12-23(13-11-21)31-27(34)30-19-22-6-3-2-4-7-22/h2-9,20-21,23H,10-19H2,1H3,(H2,30,31,34). The van der Waals surface area contributed by atoms with Crippen LogP contribution in [-0.2, 0) is 6.54 Å². The van der Waals surface area contributed by atoms with Crippen molar-refractivity contribution in [3.8, 4) is 0 Å². The first-order valence-electron chi connectivity index (χ1n) is 12.5. The first-order chi connectivity index (χ1) is 16.5. The van der Waals surface area contributed by atoms with E-state index in [-0.39, 0.29) is 12.1 Å².